The van der Waals surface area contributed by atoms with Gasteiger partial charge in [0.05, 0.1) is 30.7 Å². The van der Waals surface area contributed by atoms with Crippen molar-refractivity contribution in [3.63, 3.8) is 0 Å². The van der Waals surface area contributed by atoms with Gasteiger partial charge in [-0.1, -0.05) is 0 Å². The van der Waals surface area contributed by atoms with E-state index >= 15 is 0 Å². The van der Waals surface area contributed by atoms with Gasteiger partial charge in [0.2, 0.25) is 5.88 Å². The average molecular weight is 426 g/mol. The van der Waals surface area contributed by atoms with Crippen LogP contribution in [0, 0.1) is 13.8 Å². The van der Waals surface area contributed by atoms with E-state index in [4.69, 9.17) is 4.74 Å². The van der Waals surface area contributed by atoms with E-state index in [1.807, 2.05) is 19.9 Å². The number of aryl methyl sites for hydroxylation is 3. The van der Waals surface area contributed by atoms with Gasteiger partial charge in [-0.05, 0) is 43.7 Å². The van der Waals surface area contributed by atoms with Crippen molar-refractivity contribution in [1.29, 1.82) is 0 Å². The summed E-state index contributed by atoms with van der Waals surface area (Å²) < 4.78 is 16.6. The number of anilines is 1. The SMILES string of the molecule is COC(=O)c1cc(NC(=O)COc2nn(C)c3nc(C)cc(C)c23)cc(C(=O)OC)c1. The Morgan fingerprint density at radius 3 is 2.19 bits per heavy atom. The molecule has 0 aliphatic rings. The van der Waals surface area contributed by atoms with Gasteiger partial charge in [0.1, 0.15) is 0 Å². The molecule has 2 heterocycles. The maximum absolute atomic E-state index is 12.5. The van der Waals surface area contributed by atoms with Crippen LogP contribution >= 0.6 is 0 Å². The number of aromatic nitrogens is 3. The van der Waals surface area contributed by atoms with Crippen LogP contribution < -0.4 is 10.1 Å². The lowest BCUT2D eigenvalue weighted by atomic mass is 10.1. The highest BCUT2D eigenvalue weighted by Crippen LogP contribution is 2.27. The lowest BCUT2D eigenvalue weighted by molar-refractivity contribution is -0.118. The van der Waals surface area contributed by atoms with Crippen LogP contribution in [0.3, 0.4) is 0 Å². The van der Waals surface area contributed by atoms with Crippen molar-refractivity contribution >= 4 is 34.6 Å². The number of amides is 1. The van der Waals surface area contributed by atoms with Crippen LogP contribution in [0.1, 0.15) is 32.0 Å². The number of ether oxygens (including phenoxy) is 3. The van der Waals surface area contributed by atoms with E-state index in [1.165, 1.54) is 32.4 Å². The zero-order valence-electron chi connectivity index (χ0n) is 17.8. The Balaban J connectivity index is 1.79. The molecule has 3 aromatic rings. The van der Waals surface area contributed by atoms with E-state index in [1.54, 1.807) is 11.7 Å². The number of hydrogen-bond donors (Lipinski definition) is 1. The number of pyridine rings is 1. The van der Waals surface area contributed by atoms with E-state index in [0.29, 0.717) is 5.65 Å². The summed E-state index contributed by atoms with van der Waals surface area (Å²) in [6.07, 6.45) is 0. The van der Waals surface area contributed by atoms with Crippen molar-refractivity contribution in [3.05, 3.63) is 46.6 Å². The number of nitrogens with one attached hydrogen (secondary N) is 1. The smallest absolute Gasteiger partial charge is 0.337 e. The number of benzene rings is 1. The second kappa shape index (κ2) is 8.82. The van der Waals surface area contributed by atoms with Gasteiger partial charge in [0.25, 0.3) is 5.91 Å². The van der Waals surface area contributed by atoms with Crippen LogP contribution in [0.15, 0.2) is 24.3 Å². The number of esters is 2. The summed E-state index contributed by atoms with van der Waals surface area (Å²) in [5.41, 5.74) is 2.84. The molecule has 0 fully saturated rings. The van der Waals surface area contributed by atoms with Crippen LogP contribution in [0.4, 0.5) is 5.69 Å². The van der Waals surface area contributed by atoms with Crippen molar-refractivity contribution < 1.29 is 28.6 Å². The molecular formula is C21H22N4O6. The molecule has 1 aromatic carbocycles. The molecule has 0 saturated heterocycles. The number of nitrogens with zero attached hydrogens (tertiary/aromatic N) is 3. The molecule has 0 saturated carbocycles. The Kier molecular flexibility index (Phi) is 6.19. The number of carbonyl (C=O) groups excluding carboxylic acids is 3. The van der Waals surface area contributed by atoms with Gasteiger partial charge in [-0.15, -0.1) is 5.10 Å². The van der Waals surface area contributed by atoms with Gasteiger partial charge in [0, 0.05) is 18.4 Å². The van der Waals surface area contributed by atoms with Gasteiger partial charge in [-0.3, -0.25) is 4.79 Å². The highest BCUT2D eigenvalue weighted by atomic mass is 16.5. The fourth-order valence-corrected chi connectivity index (χ4v) is 3.15. The Morgan fingerprint density at radius 2 is 1.61 bits per heavy atom. The van der Waals surface area contributed by atoms with Crippen LogP contribution in [-0.2, 0) is 21.3 Å². The maximum Gasteiger partial charge on any atom is 0.337 e. The molecule has 1 N–H and O–H groups in total. The molecule has 0 aliphatic carbocycles. The fourth-order valence-electron chi connectivity index (χ4n) is 3.15. The third-order valence-electron chi connectivity index (χ3n) is 4.49. The number of rotatable bonds is 6. The molecule has 162 valence electrons. The van der Waals surface area contributed by atoms with Crippen LogP contribution in [0.5, 0.6) is 5.88 Å². The average Bonchev–Trinajstić information content (AvgIpc) is 3.06. The molecular weight excluding hydrogens is 404 g/mol. The van der Waals surface area contributed by atoms with Gasteiger partial charge >= 0.3 is 11.9 Å². The Hall–Kier alpha value is -3.95. The van der Waals surface area contributed by atoms with E-state index in [2.05, 4.69) is 24.9 Å². The van der Waals surface area contributed by atoms with Crippen LogP contribution in [-0.4, -0.2) is 53.4 Å². The second-order valence-corrected chi connectivity index (χ2v) is 6.83. The first kappa shape index (κ1) is 21.8. The molecule has 0 aliphatic heterocycles. The third-order valence-corrected chi connectivity index (χ3v) is 4.49. The zero-order chi connectivity index (χ0) is 22.7. The normalized spacial score (nSPS) is 10.6. The number of carbonyl (C=O) groups is 3. The first-order chi connectivity index (χ1) is 14.7. The molecule has 0 atom stereocenters. The summed E-state index contributed by atoms with van der Waals surface area (Å²) in [7, 11) is 4.18. The van der Waals surface area contributed by atoms with Crippen molar-refractivity contribution in [1.82, 2.24) is 14.8 Å². The van der Waals surface area contributed by atoms with Crippen molar-refractivity contribution in [2.24, 2.45) is 7.05 Å². The minimum Gasteiger partial charge on any atom is -0.466 e. The largest absolute Gasteiger partial charge is 0.466 e. The molecule has 2 aromatic heterocycles. The monoisotopic (exact) mass is 426 g/mol. The van der Waals surface area contributed by atoms with Crippen LogP contribution in [0.2, 0.25) is 0 Å². The summed E-state index contributed by atoms with van der Waals surface area (Å²) in [6.45, 7) is 3.46. The summed E-state index contributed by atoms with van der Waals surface area (Å²) in [6, 6.07) is 6.01. The molecule has 1 amide bonds. The number of fused-ring (bicyclic) bond motifs is 1. The molecule has 10 heteroatoms. The van der Waals surface area contributed by atoms with Crippen molar-refractivity contribution in [2.45, 2.75) is 13.8 Å². The van der Waals surface area contributed by atoms with Gasteiger partial charge < -0.3 is 19.5 Å². The molecule has 0 bridgehead atoms. The molecule has 3 rings (SSSR count). The summed E-state index contributed by atoms with van der Waals surface area (Å²) in [5.74, 6) is -1.53. The Morgan fingerprint density at radius 1 is 1.00 bits per heavy atom. The minimum absolute atomic E-state index is 0.0920. The summed E-state index contributed by atoms with van der Waals surface area (Å²) in [5, 5.41) is 7.62. The predicted molar refractivity (Wildman–Crippen MR) is 111 cm³/mol. The Bertz CT molecular complexity index is 1150. The first-order valence-electron chi connectivity index (χ1n) is 9.28. The maximum atomic E-state index is 12.5. The van der Waals surface area contributed by atoms with E-state index < -0.39 is 17.8 Å². The second-order valence-electron chi connectivity index (χ2n) is 6.83. The quantitative estimate of drug-likeness (QED) is 0.595. The van der Waals surface area contributed by atoms with E-state index in [9.17, 15) is 14.4 Å². The van der Waals surface area contributed by atoms with E-state index in [0.717, 1.165) is 16.6 Å². The molecule has 10 nitrogen and oxygen atoms in total. The lowest BCUT2D eigenvalue weighted by Crippen LogP contribution is -2.21. The van der Waals surface area contributed by atoms with Crippen LogP contribution in [0.25, 0.3) is 11.0 Å². The molecule has 0 radical (unpaired) electrons. The Labute approximate surface area is 178 Å². The third kappa shape index (κ3) is 4.63. The number of hydrogen-bond acceptors (Lipinski definition) is 8. The van der Waals surface area contributed by atoms with Crippen molar-refractivity contribution in [3.8, 4) is 5.88 Å². The minimum atomic E-state index is -0.657. The van der Waals surface area contributed by atoms with Gasteiger partial charge in [-0.2, -0.15) is 0 Å². The standard InChI is InChI=1S/C21H22N4O6/c1-11-6-12(2)22-18-17(11)19(24-25(18)3)31-10-16(26)23-15-8-13(20(27)29-4)7-14(9-15)21(28)30-5/h6-9H,10H2,1-5H3,(H,23,26). The first-order valence-corrected chi connectivity index (χ1v) is 9.28. The van der Waals surface area contributed by atoms with Gasteiger partial charge in [0.15, 0.2) is 12.3 Å². The lowest BCUT2D eigenvalue weighted by Gasteiger charge is -2.10. The van der Waals surface area contributed by atoms with E-state index in [-0.39, 0.29) is 29.3 Å². The highest BCUT2D eigenvalue weighted by Gasteiger charge is 2.17. The predicted octanol–water partition coefficient (Wildman–Crippen LogP) is 2.18. The number of methoxy groups -OCH3 is 2. The molecule has 31 heavy (non-hydrogen) atoms. The highest BCUT2D eigenvalue weighted by molar-refractivity contribution is 5.99. The van der Waals surface area contributed by atoms with Crippen molar-refractivity contribution in [2.75, 3.05) is 26.1 Å². The fraction of sp³-hybridized carbons (Fsp3) is 0.286. The summed E-state index contributed by atoms with van der Waals surface area (Å²) >= 11 is 0. The summed E-state index contributed by atoms with van der Waals surface area (Å²) in [4.78, 5) is 40.7. The topological polar surface area (TPSA) is 122 Å². The molecule has 0 unspecified atom stereocenters. The molecule has 0 spiro atoms. The van der Waals surface area contributed by atoms with Gasteiger partial charge in [-0.25, -0.2) is 19.3 Å². The zero-order valence-corrected chi connectivity index (χ0v) is 17.8.